The molecular formula is C24H26FN3O4. The van der Waals surface area contributed by atoms with Gasteiger partial charge in [0.1, 0.15) is 30.3 Å². The summed E-state index contributed by atoms with van der Waals surface area (Å²) in [4.78, 5) is 38.6. The van der Waals surface area contributed by atoms with E-state index in [0.29, 0.717) is 30.9 Å². The number of hydrogen-bond acceptors (Lipinski definition) is 4. The van der Waals surface area contributed by atoms with Crippen molar-refractivity contribution >= 4 is 17.8 Å². The van der Waals surface area contributed by atoms with Crippen molar-refractivity contribution in [2.45, 2.75) is 25.8 Å². The first kappa shape index (κ1) is 23.0. The van der Waals surface area contributed by atoms with Gasteiger partial charge in [0.15, 0.2) is 0 Å². The maximum Gasteiger partial charge on any atom is 0.325 e. The number of carbonyl (C=O) groups excluding carboxylic acids is 3. The summed E-state index contributed by atoms with van der Waals surface area (Å²) in [5, 5.41) is 5.36. The number of imide groups is 1. The van der Waals surface area contributed by atoms with Gasteiger partial charge < -0.3 is 15.4 Å². The minimum Gasteiger partial charge on any atom is -0.489 e. The van der Waals surface area contributed by atoms with E-state index in [0.717, 1.165) is 16.0 Å². The van der Waals surface area contributed by atoms with Crippen molar-refractivity contribution in [1.82, 2.24) is 15.5 Å². The fraction of sp³-hybridized carbons (Fsp3) is 0.292. The Morgan fingerprint density at radius 1 is 1.16 bits per heavy atom. The van der Waals surface area contributed by atoms with Gasteiger partial charge in [0, 0.05) is 6.54 Å². The molecule has 0 aromatic heterocycles. The maximum absolute atomic E-state index is 13.0. The molecule has 2 aromatic rings. The molecule has 1 aliphatic rings. The largest absolute Gasteiger partial charge is 0.489 e. The van der Waals surface area contributed by atoms with Crippen molar-refractivity contribution in [3.05, 3.63) is 77.6 Å². The Bertz CT molecular complexity index is 1020. The lowest BCUT2D eigenvalue weighted by Crippen LogP contribution is -2.43. The van der Waals surface area contributed by atoms with Crippen LogP contribution in [0.3, 0.4) is 0 Å². The Morgan fingerprint density at radius 3 is 2.44 bits per heavy atom. The van der Waals surface area contributed by atoms with Crippen molar-refractivity contribution in [2.75, 3.05) is 19.7 Å². The number of amides is 4. The molecule has 32 heavy (non-hydrogen) atoms. The molecule has 0 aliphatic carbocycles. The molecule has 1 saturated heterocycles. The lowest BCUT2D eigenvalue weighted by molar-refractivity contribution is -0.134. The summed E-state index contributed by atoms with van der Waals surface area (Å²) < 4.78 is 18.5. The van der Waals surface area contributed by atoms with Crippen LogP contribution in [0, 0.1) is 5.82 Å². The molecule has 0 radical (unpaired) electrons. The third-order valence-electron chi connectivity index (χ3n) is 5.14. The van der Waals surface area contributed by atoms with Gasteiger partial charge in [0.2, 0.25) is 5.91 Å². The van der Waals surface area contributed by atoms with Crippen LogP contribution in [0.15, 0.2) is 60.7 Å². The summed E-state index contributed by atoms with van der Waals surface area (Å²) >= 11 is 0. The second-order valence-electron chi connectivity index (χ2n) is 7.94. The number of nitrogens with zero attached hydrogens (tertiary/aromatic N) is 1. The number of carbonyl (C=O) groups is 3. The number of halogens is 1. The van der Waals surface area contributed by atoms with Gasteiger partial charge in [-0.15, -0.1) is 0 Å². The monoisotopic (exact) mass is 439 g/mol. The number of nitrogens with one attached hydrogen (secondary N) is 2. The average Bonchev–Trinajstić information content (AvgIpc) is 2.98. The molecule has 1 unspecified atom stereocenters. The Labute approximate surface area is 186 Å². The molecule has 0 spiro atoms. The van der Waals surface area contributed by atoms with Crippen molar-refractivity contribution in [1.29, 1.82) is 0 Å². The molecule has 8 heteroatoms. The molecule has 7 nitrogen and oxygen atoms in total. The van der Waals surface area contributed by atoms with Gasteiger partial charge in [0.05, 0.1) is 0 Å². The summed E-state index contributed by atoms with van der Waals surface area (Å²) in [6.07, 6.45) is 0.504. The highest BCUT2D eigenvalue weighted by atomic mass is 19.1. The normalized spacial score (nSPS) is 17.8. The second-order valence-corrected chi connectivity index (χ2v) is 7.94. The Morgan fingerprint density at radius 2 is 1.81 bits per heavy atom. The molecule has 168 valence electrons. The summed E-state index contributed by atoms with van der Waals surface area (Å²) in [6.45, 7) is 7.54. The Hall–Kier alpha value is -3.68. The minimum absolute atomic E-state index is 0.303. The third-order valence-corrected chi connectivity index (χ3v) is 5.14. The Balaban J connectivity index is 1.57. The Kier molecular flexibility index (Phi) is 6.92. The van der Waals surface area contributed by atoms with Crippen molar-refractivity contribution in [2.24, 2.45) is 0 Å². The highest BCUT2D eigenvalue weighted by molar-refractivity contribution is 6.09. The molecule has 1 heterocycles. The van der Waals surface area contributed by atoms with E-state index in [1.54, 1.807) is 43.3 Å². The summed E-state index contributed by atoms with van der Waals surface area (Å²) in [5.41, 5.74) is 1.05. The molecule has 2 aromatic carbocycles. The summed E-state index contributed by atoms with van der Waals surface area (Å²) in [5.74, 6) is -0.668. The van der Waals surface area contributed by atoms with Gasteiger partial charge in [-0.25, -0.2) is 9.18 Å². The highest BCUT2D eigenvalue weighted by Crippen LogP contribution is 2.30. The fourth-order valence-electron chi connectivity index (χ4n) is 3.32. The van der Waals surface area contributed by atoms with Crippen LogP contribution >= 0.6 is 0 Å². The molecule has 0 saturated carbocycles. The van der Waals surface area contributed by atoms with Gasteiger partial charge in [0.25, 0.3) is 5.91 Å². The van der Waals surface area contributed by atoms with Crippen LogP contribution in [0.5, 0.6) is 5.75 Å². The SMILES string of the molecule is C=C(C)COc1ccc(C2(C)NC(=O)N(CC(=O)NCCc3ccc(F)cc3)C2=O)cc1. The van der Waals surface area contributed by atoms with E-state index in [9.17, 15) is 18.8 Å². The molecule has 3 rings (SSSR count). The van der Waals surface area contributed by atoms with Gasteiger partial charge in [-0.05, 0) is 61.2 Å². The van der Waals surface area contributed by atoms with Crippen LogP contribution < -0.4 is 15.4 Å². The molecule has 4 amide bonds. The quantitative estimate of drug-likeness (QED) is 0.465. The maximum atomic E-state index is 13.0. The third kappa shape index (κ3) is 5.32. The van der Waals surface area contributed by atoms with Crippen molar-refractivity contribution < 1.29 is 23.5 Å². The fourth-order valence-corrected chi connectivity index (χ4v) is 3.32. The summed E-state index contributed by atoms with van der Waals surface area (Å²) in [6, 6.07) is 12.2. The zero-order chi connectivity index (χ0) is 23.3. The number of ether oxygens (including phenoxy) is 1. The van der Waals surface area contributed by atoms with E-state index in [2.05, 4.69) is 17.2 Å². The van der Waals surface area contributed by atoms with Gasteiger partial charge >= 0.3 is 6.03 Å². The van der Waals surface area contributed by atoms with Crippen molar-refractivity contribution in [3.63, 3.8) is 0 Å². The second kappa shape index (κ2) is 9.64. The van der Waals surface area contributed by atoms with E-state index in [1.165, 1.54) is 12.1 Å². The number of urea groups is 1. The smallest absolute Gasteiger partial charge is 0.325 e. The molecule has 1 fully saturated rings. The first-order valence-corrected chi connectivity index (χ1v) is 10.2. The van der Waals surface area contributed by atoms with Crippen LogP contribution in [0.4, 0.5) is 9.18 Å². The van der Waals surface area contributed by atoms with E-state index < -0.39 is 23.4 Å². The summed E-state index contributed by atoms with van der Waals surface area (Å²) in [7, 11) is 0. The van der Waals surface area contributed by atoms with Crippen LogP contribution in [0.2, 0.25) is 0 Å². The predicted molar refractivity (Wildman–Crippen MR) is 117 cm³/mol. The molecule has 0 bridgehead atoms. The van der Waals surface area contributed by atoms with Gasteiger partial charge in [-0.3, -0.25) is 14.5 Å². The number of rotatable bonds is 9. The molecule has 1 atom stereocenters. The zero-order valence-corrected chi connectivity index (χ0v) is 18.1. The topological polar surface area (TPSA) is 87.7 Å². The van der Waals surface area contributed by atoms with Crippen LogP contribution in [0.25, 0.3) is 0 Å². The lowest BCUT2D eigenvalue weighted by atomic mass is 9.92. The van der Waals surface area contributed by atoms with Crippen LogP contribution in [0.1, 0.15) is 25.0 Å². The molecular weight excluding hydrogens is 413 g/mol. The van der Waals surface area contributed by atoms with E-state index in [1.807, 2.05) is 6.92 Å². The first-order chi connectivity index (χ1) is 15.2. The molecule has 2 N–H and O–H groups in total. The molecule has 1 aliphatic heterocycles. The van der Waals surface area contributed by atoms with Crippen molar-refractivity contribution in [3.8, 4) is 5.75 Å². The number of hydrogen-bond donors (Lipinski definition) is 2. The average molecular weight is 439 g/mol. The van der Waals surface area contributed by atoms with E-state index in [-0.39, 0.29) is 12.4 Å². The highest BCUT2D eigenvalue weighted by Gasteiger charge is 2.49. The van der Waals surface area contributed by atoms with Crippen LogP contribution in [-0.2, 0) is 21.5 Å². The standard InChI is InChI=1S/C24H26FN3O4/c1-16(2)15-32-20-10-6-18(7-11-20)24(3)22(30)28(23(31)27-24)14-21(29)26-13-12-17-4-8-19(25)9-5-17/h4-11H,1,12-15H2,2-3H3,(H,26,29)(H,27,31). The number of benzene rings is 2. The minimum atomic E-state index is -1.28. The van der Waals surface area contributed by atoms with Gasteiger partial charge in [-0.2, -0.15) is 0 Å². The zero-order valence-electron chi connectivity index (χ0n) is 18.1. The lowest BCUT2D eigenvalue weighted by Gasteiger charge is -2.22. The van der Waals surface area contributed by atoms with Crippen LogP contribution in [-0.4, -0.2) is 42.4 Å². The van der Waals surface area contributed by atoms with Gasteiger partial charge in [-0.1, -0.05) is 30.8 Å². The predicted octanol–water partition coefficient (Wildman–Crippen LogP) is 2.91. The van der Waals surface area contributed by atoms with E-state index in [4.69, 9.17) is 4.74 Å². The first-order valence-electron chi connectivity index (χ1n) is 10.2. The van der Waals surface area contributed by atoms with E-state index >= 15 is 0 Å².